The fourth-order valence-corrected chi connectivity index (χ4v) is 4.11. The second kappa shape index (κ2) is 5.99. The first-order chi connectivity index (χ1) is 11.1. The molecular weight excluding hydrogens is 355 g/mol. The van der Waals surface area contributed by atoms with Crippen molar-refractivity contribution in [1.82, 2.24) is 30.7 Å². The number of benzene rings is 1. The van der Waals surface area contributed by atoms with E-state index in [4.69, 9.17) is 23.2 Å². The number of hydrogen-bond donors (Lipinski definition) is 2. The Labute approximate surface area is 146 Å². The zero-order valence-corrected chi connectivity index (χ0v) is 14.6. The summed E-state index contributed by atoms with van der Waals surface area (Å²) >= 11 is 14.0. The van der Waals surface area contributed by atoms with Crippen LogP contribution in [0.1, 0.15) is 35.8 Å². The molecule has 1 saturated heterocycles. The second-order valence-corrected chi connectivity index (χ2v) is 7.41. The Kier molecular flexibility index (Phi) is 3.98. The lowest BCUT2D eigenvalue weighted by molar-refractivity contribution is 0.554. The summed E-state index contributed by atoms with van der Waals surface area (Å²) in [5.41, 5.74) is 7.31. The predicted molar refractivity (Wildman–Crippen MR) is 91.0 cm³/mol. The Hall–Kier alpha value is -1.25. The molecule has 2 N–H and O–H groups in total. The van der Waals surface area contributed by atoms with Gasteiger partial charge in [0.05, 0.1) is 6.04 Å². The summed E-state index contributed by atoms with van der Waals surface area (Å²) in [7, 11) is 0. The van der Waals surface area contributed by atoms with E-state index in [1.54, 1.807) is 15.9 Å². The molecule has 23 heavy (non-hydrogen) atoms. The first-order valence-corrected chi connectivity index (χ1v) is 8.84. The van der Waals surface area contributed by atoms with Gasteiger partial charge in [0.1, 0.15) is 5.01 Å². The number of nitrogens with zero attached hydrogens (tertiary/aromatic N) is 4. The van der Waals surface area contributed by atoms with Crippen LogP contribution in [0.4, 0.5) is 0 Å². The highest BCUT2D eigenvalue weighted by molar-refractivity contribution is 7.16. The molecule has 2 unspecified atom stereocenters. The third kappa shape index (κ3) is 2.83. The van der Waals surface area contributed by atoms with Crippen molar-refractivity contribution in [2.24, 2.45) is 0 Å². The third-order valence-electron chi connectivity index (χ3n) is 3.86. The van der Waals surface area contributed by atoms with Crippen molar-refractivity contribution in [3.8, 4) is 0 Å². The van der Waals surface area contributed by atoms with Gasteiger partial charge in [0.2, 0.25) is 4.96 Å². The van der Waals surface area contributed by atoms with Gasteiger partial charge in [0.25, 0.3) is 0 Å². The van der Waals surface area contributed by atoms with Crippen LogP contribution in [-0.2, 0) is 6.42 Å². The zero-order valence-electron chi connectivity index (χ0n) is 12.3. The standard InChI is InChI=1S/C14H14Cl2N6S/c1-7-5-11(18-17-7)13-21-22-12(19-20-14(22)23-13)6-8-9(15)3-2-4-10(8)16/h2-4,7,11,17-18H,5-6H2,1H3. The number of halogens is 2. The summed E-state index contributed by atoms with van der Waals surface area (Å²) in [5, 5.41) is 15.4. The topological polar surface area (TPSA) is 67.1 Å². The minimum absolute atomic E-state index is 0.202. The van der Waals surface area contributed by atoms with Gasteiger partial charge in [-0.15, -0.1) is 10.2 Å². The summed E-state index contributed by atoms with van der Waals surface area (Å²) in [5.74, 6) is 0.733. The van der Waals surface area contributed by atoms with Crippen LogP contribution in [-0.4, -0.2) is 25.9 Å². The maximum absolute atomic E-state index is 6.24. The molecule has 0 spiro atoms. The molecule has 0 bridgehead atoms. The Morgan fingerprint density at radius 2 is 2.04 bits per heavy atom. The van der Waals surface area contributed by atoms with E-state index in [1.165, 1.54) is 0 Å². The van der Waals surface area contributed by atoms with Crippen LogP contribution < -0.4 is 10.9 Å². The van der Waals surface area contributed by atoms with Crippen LogP contribution in [0.15, 0.2) is 18.2 Å². The Bertz CT molecular complexity index is 840. The molecule has 1 aliphatic rings. The Balaban J connectivity index is 1.67. The van der Waals surface area contributed by atoms with Gasteiger partial charge in [-0.2, -0.15) is 9.61 Å². The summed E-state index contributed by atoms with van der Waals surface area (Å²) in [6, 6.07) is 6.10. The van der Waals surface area contributed by atoms with Crippen LogP contribution >= 0.6 is 34.5 Å². The molecule has 0 aliphatic carbocycles. The molecule has 3 heterocycles. The quantitative estimate of drug-likeness (QED) is 0.743. The molecule has 0 saturated carbocycles. The first-order valence-electron chi connectivity index (χ1n) is 7.27. The second-order valence-electron chi connectivity index (χ2n) is 5.61. The first kappa shape index (κ1) is 15.3. The lowest BCUT2D eigenvalue weighted by atomic mass is 10.1. The highest BCUT2D eigenvalue weighted by Gasteiger charge is 2.26. The smallest absolute Gasteiger partial charge is 0.234 e. The van der Waals surface area contributed by atoms with Gasteiger partial charge < -0.3 is 0 Å². The normalized spacial score (nSPS) is 21.3. The Morgan fingerprint density at radius 1 is 1.26 bits per heavy atom. The molecule has 120 valence electrons. The van der Waals surface area contributed by atoms with Crippen molar-refractivity contribution in [3.63, 3.8) is 0 Å². The molecule has 1 fully saturated rings. The van der Waals surface area contributed by atoms with Crippen molar-refractivity contribution in [1.29, 1.82) is 0 Å². The number of fused-ring (bicyclic) bond motifs is 1. The maximum Gasteiger partial charge on any atom is 0.234 e. The van der Waals surface area contributed by atoms with Crippen LogP contribution in [0.2, 0.25) is 10.0 Å². The molecule has 6 nitrogen and oxygen atoms in total. The van der Waals surface area contributed by atoms with Gasteiger partial charge in [-0.1, -0.05) is 40.6 Å². The van der Waals surface area contributed by atoms with Crippen molar-refractivity contribution >= 4 is 39.5 Å². The Morgan fingerprint density at radius 3 is 2.74 bits per heavy atom. The lowest BCUT2D eigenvalue weighted by Gasteiger charge is -2.05. The van der Waals surface area contributed by atoms with Crippen LogP contribution in [0, 0.1) is 0 Å². The maximum atomic E-state index is 6.24. The number of hydrazine groups is 1. The van der Waals surface area contributed by atoms with E-state index < -0.39 is 0 Å². The van der Waals surface area contributed by atoms with Gasteiger partial charge in [-0.3, -0.25) is 5.43 Å². The fraction of sp³-hybridized carbons (Fsp3) is 0.357. The average molecular weight is 369 g/mol. The minimum Gasteiger partial charge on any atom is -0.254 e. The molecular formula is C14H14Cl2N6S. The van der Waals surface area contributed by atoms with E-state index in [-0.39, 0.29) is 6.04 Å². The highest BCUT2D eigenvalue weighted by Crippen LogP contribution is 2.29. The largest absolute Gasteiger partial charge is 0.254 e. The van der Waals surface area contributed by atoms with E-state index in [1.807, 2.05) is 18.2 Å². The summed E-state index contributed by atoms with van der Waals surface area (Å²) in [6.07, 6.45) is 1.49. The molecule has 9 heteroatoms. The van der Waals surface area contributed by atoms with E-state index in [2.05, 4.69) is 33.1 Å². The lowest BCUT2D eigenvalue weighted by Crippen LogP contribution is -2.28. The molecule has 1 aliphatic heterocycles. The molecule has 1 aromatic carbocycles. The van der Waals surface area contributed by atoms with E-state index >= 15 is 0 Å². The molecule has 3 aromatic rings. The molecule has 0 radical (unpaired) electrons. The van der Waals surface area contributed by atoms with E-state index in [0.717, 1.165) is 27.8 Å². The molecule has 2 atom stereocenters. The van der Waals surface area contributed by atoms with E-state index in [9.17, 15) is 0 Å². The van der Waals surface area contributed by atoms with Crippen molar-refractivity contribution < 1.29 is 0 Å². The average Bonchev–Trinajstić information content (AvgIpc) is 3.19. The van der Waals surface area contributed by atoms with Crippen molar-refractivity contribution in [3.05, 3.63) is 44.6 Å². The minimum atomic E-state index is 0.202. The molecule has 0 amide bonds. The van der Waals surface area contributed by atoms with Gasteiger partial charge in [0.15, 0.2) is 5.82 Å². The third-order valence-corrected chi connectivity index (χ3v) is 5.58. The number of aromatic nitrogens is 4. The zero-order chi connectivity index (χ0) is 16.0. The van der Waals surface area contributed by atoms with Crippen molar-refractivity contribution in [2.45, 2.75) is 31.8 Å². The van der Waals surface area contributed by atoms with Crippen LogP contribution in [0.3, 0.4) is 0 Å². The van der Waals surface area contributed by atoms with Gasteiger partial charge >= 0.3 is 0 Å². The van der Waals surface area contributed by atoms with Crippen LogP contribution in [0.25, 0.3) is 4.96 Å². The monoisotopic (exact) mass is 368 g/mol. The highest BCUT2D eigenvalue weighted by atomic mass is 35.5. The van der Waals surface area contributed by atoms with E-state index in [0.29, 0.717) is 22.5 Å². The fourth-order valence-electron chi connectivity index (χ4n) is 2.66. The molecule has 4 rings (SSSR count). The summed E-state index contributed by atoms with van der Waals surface area (Å²) in [4.78, 5) is 0.777. The van der Waals surface area contributed by atoms with Gasteiger partial charge in [-0.25, -0.2) is 5.43 Å². The number of rotatable bonds is 3. The SMILES string of the molecule is CC1CC(c2nn3c(Cc4c(Cl)cccc4Cl)nnc3s2)NN1. The number of nitrogens with one attached hydrogen (secondary N) is 2. The number of hydrogen-bond acceptors (Lipinski definition) is 6. The molecule has 2 aromatic heterocycles. The van der Waals surface area contributed by atoms with Gasteiger partial charge in [0, 0.05) is 22.5 Å². The van der Waals surface area contributed by atoms with Gasteiger partial charge in [-0.05, 0) is 31.0 Å². The van der Waals surface area contributed by atoms with Crippen molar-refractivity contribution in [2.75, 3.05) is 0 Å². The summed E-state index contributed by atoms with van der Waals surface area (Å²) < 4.78 is 1.78. The predicted octanol–water partition coefficient (Wildman–Crippen LogP) is 3.01. The summed E-state index contributed by atoms with van der Waals surface area (Å²) in [6.45, 7) is 2.14. The van der Waals surface area contributed by atoms with Crippen LogP contribution in [0.5, 0.6) is 0 Å².